The lowest BCUT2D eigenvalue weighted by Gasteiger charge is -2.10. The van der Waals surface area contributed by atoms with Crippen molar-refractivity contribution in [1.29, 1.82) is 0 Å². The Morgan fingerprint density at radius 2 is 2.50 bits per heavy atom. The number of rotatable bonds is 3. The molecule has 1 aliphatic heterocycles. The van der Waals surface area contributed by atoms with Crippen molar-refractivity contribution in [3.8, 4) is 0 Å². The van der Waals surface area contributed by atoms with Gasteiger partial charge in [0, 0.05) is 31.5 Å². The highest BCUT2D eigenvalue weighted by Crippen LogP contribution is 2.00. The molecule has 78 valence electrons. The normalized spacial score (nSPS) is 20.4. The van der Waals surface area contributed by atoms with Gasteiger partial charge in [0.1, 0.15) is 0 Å². The Bertz CT molecular complexity index is 247. The molecule has 0 amide bonds. The van der Waals surface area contributed by atoms with Crippen LogP contribution < -0.4 is 10.6 Å². The van der Waals surface area contributed by atoms with Crippen LogP contribution in [0, 0.1) is 0 Å². The van der Waals surface area contributed by atoms with Crippen LogP contribution in [0.3, 0.4) is 0 Å². The fourth-order valence-electron chi connectivity index (χ4n) is 1.59. The quantitative estimate of drug-likeness (QED) is 0.786. The lowest BCUT2D eigenvalue weighted by atomic mass is 10.2. The van der Waals surface area contributed by atoms with E-state index in [1.54, 1.807) is 6.20 Å². The first kappa shape index (κ1) is 11.4. The maximum Gasteiger partial charge on any atom is 0.0312 e. The van der Waals surface area contributed by atoms with Gasteiger partial charge in [-0.05, 0) is 24.6 Å². The van der Waals surface area contributed by atoms with E-state index in [1.165, 1.54) is 12.0 Å². The molecule has 0 unspecified atom stereocenters. The number of nitrogens with one attached hydrogen (secondary N) is 2. The van der Waals surface area contributed by atoms with E-state index in [-0.39, 0.29) is 12.4 Å². The molecule has 0 spiro atoms. The van der Waals surface area contributed by atoms with Gasteiger partial charge < -0.3 is 10.6 Å². The Hall–Kier alpha value is -0.640. The number of hydrogen-bond donors (Lipinski definition) is 2. The lowest BCUT2D eigenvalue weighted by molar-refractivity contribution is 0.547. The summed E-state index contributed by atoms with van der Waals surface area (Å²) in [5.41, 5.74) is 1.26. The molecular formula is C10H16ClN3. The first-order valence-corrected chi connectivity index (χ1v) is 4.78. The van der Waals surface area contributed by atoms with E-state index in [4.69, 9.17) is 0 Å². The molecule has 1 saturated heterocycles. The summed E-state index contributed by atoms with van der Waals surface area (Å²) in [6.07, 6.45) is 4.95. The molecule has 0 aromatic carbocycles. The number of nitrogens with zero attached hydrogens (tertiary/aromatic N) is 1. The molecule has 2 rings (SSSR count). The highest BCUT2D eigenvalue weighted by atomic mass is 35.5. The van der Waals surface area contributed by atoms with Crippen molar-refractivity contribution in [2.45, 2.75) is 19.0 Å². The van der Waals surface area contributed by atoms with Crippen LogP contribution in [0.5, 0.6) is 0 Å². The summed E-state index contributed by atoms with van der Waals surface area (Å²) in [6.45, 7) is 3.17. The zero-order valence-electron chi connectivity index (χ0n) is 8.07. The summed E-state index contributed by atoms with van der Waals surface area (Å²) in [6, 6.07) is 4.71. The van der Waals surface area contributed by atoms with Gasteiger partial charge >= 0.3 is 0 Å². The van der Waals surface area contributed by atoms with Crippen LogP contribution >= 0.6 is 12.4 Å². The van der Waals surface area contributed by atoms with Crippen LogP contribution in [-0.2, 0) is 6.54 Å². The number of aromatic nitrogens is 1. The summed E-state index contributed by atoms with van der Waals surface area (Å²) >= 11 is 0. The zero-order chi connectivity index (χ0) is 8.93. The van der Waals surface area contributed by atoms with Crippen LogP contribution in [0.15, 0.2) is 24.5 Å². The largest absolute Gasteiger partial charge is 0.315 e. The smallest absolute Gasteiger partial charge is 0.0312 e. The summed E-state index contributed by atoms with van der Waals surface area (Å²) in [4.78, 5) is 4.07. The minimum atomic E-state index is 0. The minimum absolute atomic E-state index is 0. The average Bonchev–Trinajstić information content (AvgIpc) is 2.69. The minimum Gasteiger partial charge on any atom is -0.315 e. The predicted molar refractivity (Wildman–Crippen MR) is 59.6 cm³/mol. The molecule has 0 saturated carbocycles. The van der Waals surface area contributed by atoms with Gasteiger partial charge in [-0.15, -0.1) is 12.4 Å². The molecule has 1 aliphatic rings. The molecule has 4 heteroatoms. The van der Waals surface area contributed by atoms with Gasteiger partial charge in [0.25, 0.3) is 0 Å². The van der Waals surface area contributed by atoms with Gasteiger partial charge in [-0.25, -0.2) is 0 Å². The van der Waals surface area contributed by atoms with Gasteiger partial charge in [0.15, 0.2) is 0 Å². The Labute approximate surface area is 90.7 Å². The van der Waals surface area contributed by atoms with Gasteiger partial charge in [-0.1, -0.05) is 6.07 Å². The highest BCUT2D eigenvalue weighted by molar-refractivity contribution is 5.85. The molecule has 2 heterocycles. The van der Waals surface area contributed by atoms with Crippen molar-refractivity contribution < 1.29 is 0 Å². The monoisotopic (exact) mass is 213 g/mol. The first-order valence-electron chi connectivity index (χ1n) is 4.78. The molecule has 0 radical (unpaired) electrons. The fraction of sp³-hybridized carbons (Fsp3) is 0.500. The molecule has 14 heavy (non-hydrogen) atoms. The Kier molecular flexibility index (Phi) is 4.87. The van der Waals surface area contributed by atoms with Crippen molar-refractivity contribution in [1.82, 2.24) is 15.6 Å². The van der Waals surface area contributed by atoms with Crippen molar-refractivity contribution in [3.63, 3.8) is 0 Å². The number of hydrogen-bond acceptors (Lipinski definition) is 3. The molecule has 0 bridgehead atoms. The third kappa shape index (κ3) is 3.25. The SMILES string of the molecule is Cl.c1cncc(CN[C@H]2CCNC2)c1. The molecule has 2 N–H and O–H groups in total. The van der Waals surface area contributed by atoms with Crippen LogP contribution in [0.1, 0.15) is 12.0 Å². The molecule has 0 aliphatic carbocycles. The predicted octanol–water partition coefficient (Wildman–Crippen LogP) is 0.955. The van der Waals surface area contributed by atoms with Gasteiger partial charge in [-0.3, -0.25) is 4.98 Å². The highest BCUT2D eigenvalue weighted by Gasteiger charge is 2.12. The second kappa shape index (κ2) is 5.96. The van der Waals surface area contributed by atoms with Crippen molar-refractivity contribution in [2.75, 3.05) is 13.1 Å². The topological polar surface area (TPSA) is 37.0 Å². The van der Waals surface area contributed by atoms with E-state index in [0.717, 1.165) is 19.6 Å². The van der Waals surface area contributed by atoms with Crippen molar-refractivity contribution in [3.05, 3.63) is 30.1 Å². The first-order chi connectivity index (χ1) is 6.45. The van der Waals surface area contributed by atoms with Gasteiger partial charge in [0.05, 0.1) is 0 Å². The van der Waals surface area contributed by atoms with E-state index >= 15 is 0 Å². The van der Waals surface area contributed by atoms with E-state index < -0.39 is 0 Å². The Balaban J connectivity index is 0.000000980. The number of halogens is 1. The molecule has 1 fully saturated rings. The second-order valence-electron chi connectivity index (χ2n) is 3.43. The average molecular weight is 214 g/mol. The maximum absolute atomic E-state index is 4.07. The molecule has 1 aromatic heterocycles. The van der Waals surface area contributed by atoms with Crippen molar-refractivity contribution >= 4 is 12.4 Å². The van der Waals surface area contributed by atoms with E-state index in [0.29, 0.717) is 6.04 Å². The summed E-state index contributed by atoms with van der Waals surface area (Å²) in [5.74, 6) is 0. The standard InChI is InChI=1S/C10H15N3.ClH/c1-2-9(6-11-4-1)7-13-10-3-5-12-8-10;/h1-2,4,6,10,12-13H,3,5,7-8H2;1H/t10-;/m0./s1. The molecular weight excluding hydrogens is 198 g/mol. The molecule has 3 nitrogen and oxygen atoms in total. The Morgan fingerprint density at radius 1 is 1.57 bits per heavy atom. The fourth-order valence-corrected chi connectivity index (χ4v) is 1.59. The summed E-state index contributed by atoms with van der Waals surface area (Å²) in [5, 5.41) is 6.83. The van der Waals surface area contributed by atoms with Gasteiger partial charge in [0.2, 0.25) is 0 Å². The van der Waals surface area contributed by atoms with Crippen molar-refractivity contribution in [2.24, 2.45) is 0 Å². The van der Waals surface area contributed by atoms with Gasteiger partial charge in [-0.2, -0.15) is 0 Å². The van der Waals surface area contributed by atoms with E-state index in [9.17, 15) is 0 Å². The second-order valence-corrected chi connectivity index (χ2v) is 3.43. The lowest BCUT2D eigenvalue weighted by Crippen LogP contribution is -2.30. The summed E-state index contributed by atoms with van der Waals surface area (Å²) in [7, 11) is 0. The molecule has 1 aromatic rings. The maximum atomic E-state index is 4.07. The zero-order valence-corrected chi connectivity index (χ0v) is 8.89. The van der Waals surface area contributed by atoms with Crippen LogP contribution in [-0.4, -0.2) is 24.1 Å². The molecule has 1 atom stereocenters. The van der Waals surface area contributed by atoms with Crippen LogP contribution in [0.4, 0.5) is 0 Å². The third-order valence-electron chi connectivity index (χ3n) is 2.38. The third-order valence-corrected chi connectivity index (χ3v) is 2.38. The Morgan fingerprint density at radius 3 is 3.14 bits per heavy atom. The van der Waals surface area contributed by atoms with E-state index in [1.807, 2.05) is 12.3 Å². The number of pyridine rings is 1. The van der Waals surface area contributed by atoms with E-state index in [2.05, 4.69) is 21.7 Å². The summed E-state index contributed by atoms with van der Waals surface area (Å²) < 4.78 is 0. The van der Waals surface area contributed by atoms with Crippen LogP contribution in [0.25, 0.3) is 0 Å². The van der Waals surface area contributed by atoms with Crippen LogP contribution in [0.2, 0.25) is 0 Å².